The molecule has 0 fully saturated rings. The number of anilines is 2. The minimum absolute atomic E-state index is 0.0107. The van der Waals surface area contributed by atoms with Crippen LogP contribution in [0.3, 0.4) is 0 Å². The molecule has 0 spiro atoms. The second-order valence-electron chi connectivity index (χ2n) is 6.57. The molecule has 0 radical (unpaired) electrons. The van der Waals surface area contributed by atoms with Gasteiger partial charge in [-0.1, -0.05) is 24.3 Å². The fourth-order valence-corrected chi connectivity index (χ4v) is 4.10. The molecule has 1 aliphatic rings. The largest absolute Gasteiger partial charge is 0.322 e. The third-order valence-corrected chi connectivity index (χ3v) is 5.64. The summed E-state index contributed by atoms with van der Waals surface area (Å²) in [7, 11) is 0. The number of rotatable bonds is 4. The summed E-state index contributed by atoms with van der Waals surface area (Å²) >= 11 is 1.35. The molecule has 0 unspecified atom stereocenters. The van der Waals surface area contributed by atoms with Gasteiger partial charge in [0.05, 0.1) is 10.4 Å². The van der Waals surface area contributed by atoms with Crippen LogP contribution in [0.1, 0.15) is 38.1 Å². The predicted molar refractivity (Wildman–Crippen MR) is 110 cm³/mol. The lowest BCUT2D eigenvalue weighted by Crippen LogP contribution is -2.25. The van der Waals surface area contributed by atoms with Crippen LogP contribution in [0.2, 0.25) is 0 Å². The van der Waals surface area contributed by atoms with Gasteiger partial charge in [-0.2, -0.15) is 0 Å². The van der Waals surface area contributed by atoms with Gasteiger partial charge in [-0.25, -0.2) is 0 Å². The third kappa shape index (κ3) is 3.34. The molecule has 6 heteroatoms. The number of ketones is 1. The van der Waals surface area contributed by atoms with Crippen molar-refractivity contribution in [2.45, 2.75) is 13.3 Å². The van der Waals surface area contributed by atoms with Crippen LogP contribution in [0.4, 0.5) is 11.4 Å². The number of fused-ring (bicyclic) bond motifs is 1. The zero-order valence-corrected chi connectivity index (χ0v) is 16.1. The molecule has 1 aromatic heterocycles. The molecule has 0 aliphatic carbocycles. The molecule has 0 atom stereocenters. The van der Waals surface area contributed by atoms with Crippen molar-refractivity contribution in [3.05, 3.63) is 81.5 Å². The number of hydrogen-bond acceptors (Lipinski definition) is 4. The first kappa shape index (κ1) is 18.1. The van der Waals surface area contributed by atoms with Crippen molar-refractivity contribution in [3.63, 3.8) is 0 Å². The number of benzene rings is 2. The van der Waals surface area contributed by atoms with E-state index in [1.165, 1.54) is 11.3 Å². The second-order valence-corrected chi connectivity index (χ2v) is 7.52. The topological polar surface area (TPSA) is 66.5 Å². The van der Waals surface area contributed by atoms with E-state index < -0.39 is 0 Å². The number of thiophene rings is 1. The SMILES string of the molecule is CC(=O)N1CCc2cc(NC(=O)c3ccccc3C(=O)c3cccs3)ccc21. The lowest BCUT2D eigenvalue weighted by molar-refractivity contribution is -0.116. The van der Waals surface area contributed by atoms with Gasteiger partial charge in [0.2, 0.25) is 11.7 Å². The van der Waals surface area contributed by atoms with E-state index in [4.69, 9.17) is 0 Å². The van der Waals surface area contributed by atoms with Crippen molar-refractivity contribution < 1.29 is 14.4 Å². The van der Waals surface area contributed by atoms with Gasteiger partial charge in [0, 0.05) is 30.4 Å². The highest BCUT2D eigenvalue weighted by Crippen LogP contribution is 2.30. The van der Waals surface area contributed by atoms with Crippen LogP contribution in [0.5, 0.6) is 0 Å². The molecule has 1 N–H and O–H groups in total. The monoisotopic (exact) mass is 390 g/mol. The van der Waals surface area contributed by atoms with Crippen LogP contribution in [0.25, 0.3) is 0 Å². The van der Waals surface area contributed by atoms with Gasteiger partial charge in [-0.3, -0.25) is 14.4 Å². The summed E-state index contributed by atoms with van der Waals surface area (Å²) in [6.07, 6.45) is 0.756. The molecule has 5 nitrogen and oxygen atoms in total. The van der Waals surface area contributed by atoms with Crippen molar-refractivity contribution in [3.8, 4) is 0 Å². The standard InChI is InChI=1S/C22H18N2O3S/c1-14(25)24-11-10-15-13-16(8-9-19(15)24)23-22(27)18-6-3-2-5-17(18)21(26)20-7-4-12-28-20/h2-9,12-13H,10-11H2,1H3,(H,23,27). The molecular formula is C22H18N2O3S. The summed E-state index contributed by atoms with van der Waals surface area (Å²) in [5.41, 5.74) is 3.28. The maximum Gasteiger partial charge on any atom is 0.256 e. The average Bonchev–Trinajstić information content (AvgIpc) is 3.37. The van der Waals surface area contributed by atoms with Gasteiger partial charge in [0.25, 0.3) is 5.91 Å². The van der Waals surface area contributed by atoms with Crippen LogP contribution < -0.4 is 10.2 Å². The van der Waals surface area contributed by atoms with Crippen molar-refractivity contribution in [2.24, 2.45) is 0 Å². The maximum atomic E-state index is 12.9. The molecule has 4 rings (SSSR count). The maximum absolute atomic E-state index is 12.9. The van der Waals surface area contributed by atoms with E-state index in [0.29, 0.717) is 28.2 Å². The Bertz CT molecular complexity index is 1070. The van der Waals surface area contributed by atoms with E-state index in [-0.39, 0.29) is 17.6 Å². The van der Waals surface area contributed by atoms with E-state index in [1.807, 2.05) is 23.6 Å². The summed E-state index contributed by atoms with van der Waals surface area (Å²) in [4.78, 5) is 39.6. The Kier molecular flexibility index (Phi) is 4.79. The minimum Gasteiger partial charge on any atom is -0.322 e. The average molecular weight is 390 g/mol. The molecule has 0 saturated carbocycles. The molecule has 140 valence electrons. The van der Waals surface area contributed by atoms with Gasteiger partial charge >= 0.3 is 0 Å². The Hall–Kier alpha value is -3.25. The Balaban J connectivity index is 1.59. The molecule has 2 amide bonds. The van der Waals surface area contributed by atoms with E-state index >= 15 is 0 Å². The zero-order chi connectivity index (χ0) is 19.7. The molecule has 0 bridgehead atoms. The van der Waals surface area contributed by atoms with Gasteiger partial charge in [-0.15, -0.1) is 11.3 Å². The predicted octanol–water partition coefficient (Wildman–Crippen LogP) is 4.14. The summed E-state index contributed by atoms with van der Waals surface area (Å²) < 4.78 is 0. The van der Waals surface area contributed by atoms with Crippen molar-refractivity contribution >= 4 is 40.3 Å². The fraction of sp³-hybridized carbons (Fsp3) is 0.136. The van der Waals surface area contributed by atoms with Crippen molar-refractivity contribution in [1.82, 2.24) is 0 Å². The second kappa shape index (κ2) is 7.40. The van der Waals surface area contributed by atoms with Crippen LogP contribution in [-0.2, 0) is 11.2 Å². The van der Waals surface area contributed by atoms with Crippen molar-refractivity contribution in [1.29, 1.82) is 0 Å². The first-order valence-corrected chi connectivity index (χ1v) is 9.82. The van der Waals surface area contributed by atoms with E-state index in [0.717, 1.165) is 17.7 Å². The molecule has 0 saturated heterocycles. The van der Waals surface area contributed by atoms with Gasteiger partial charge < -0.3 is 10.2 Å². The van der Waals surface area contributed by atoms with Crippen LogP contribution >= 0.6 is 11.3 Å². The van der Waals surface area contributed by atoms with E-state index in [9.17, 15) is 14.4 Å². The van der Waals surface area contributed by atoms with Crippen LogP contribution in [0, 0.1) is 0 Å². The molecule has 28 heavy (non-hydrogen) atoms. The normalized spacial score (nSPS) is 12.5. The Morgan fingerprint density at radius 3 is 2.50 bits per heavy atom. The van der Waals surface area contributed by atoms with E-state index in [2.05, 4.69) is 5.32 Å². The van der Waals surface area contributed by atoms with Gasteiger partial charge in [0.15, 0.2) is 0 Å². The summed E-state index contributed by atoms with van der Waals surface area (Å²) in [6, 6.07) is 15.9. The molecule has 1 aliphatic heterocycles. The Labute approximate surface area is 166 Å². The number of nitrogens with one attached hydrogen (secondary N) is 1. The highest BCUT2D eigenvalue weighted by atomic mass is 32.1. The van der Waals surface area contributed by atoms with Crippen molar-refractivity contribution in [2.75, 3.05) is 16.8 Å². The minimum atomic E-state index is -0.332. The number of nitrogens with zero attached hydrogens (tertiary/aromatic N) is 1. The Morgan fingerprint density at radius 1 is 1.00 bits per heavy atom. The van der Waals surface area contributed by atoms with Gasteiger partial charge in [-0.05, 0) is 47.7 Å². The Morgan fingerprint density at radius 2 is 1.79 bits per heavy atom. The first-order valence-electron chi connectivity index (χ1n) is 8.94. The molecule has 3 aromatic rings. The zero-order valence-electron chi connectivity index (χ0n) is 15.3. The first-order chi connectivity index (χ1) is 13.5. The van der Waals surface area contributed by atoms with E-state index in [1.54, 1.807) is 48.2 Å². The molecular weight excluding hydrogens is 372 g/mol. The molecule has 2 aromatic carbocycles. The van der Waals surface area contributed by atoms with Gasteiger partial charge in [0.1, 0.15) is 0 Å². The highest BCUT2D eigenvalue weighted by Gasteiger charge is 2.23. The van der Waals surface area contributed by atoms with Crippen LogP contribution in [-0.4, -0.2) is 24.1 Å². The van der Waals surface area contributed by atoms with Crippen LogP contribution in [0.15, 0.2) is 60.0 Å². The number of carbonyl (C=O) groups is 3. The summed E-state index contributed by atoms with van der Waals surface area (Å²) in [6.45, 7) is 2.20. The third-order valence-electron chi connectivity index (χ3n) is 4.77. The lowest BCUT2D eigenvalue weighted by atomic mass is 10.0. The lowest BCUT2D eigenvalue weighted by Gasteiger charge is -2.15. The molecule has 2 heterocycles. The summed E-state index contributed by atoms with van der Waals surface area (Å²) in [5, 5.41) is 4.72. The number of amides is 2. The fourth-order valence-electron chi connectivity index (χ4n) is 3.42. The highest BCUT2D eigenvalue weighted by molar-refractivity contribution is 7.12. The number of carbonyl (C=O) groups excluding carboxylic acids is 3. The summed E-state index contributed by atoms with van der Waals surface area (Å²) in [5.74, 6) is -0.481. The number of hydrogen-bond donors (Lipinski definition) is 1. The smallest absolute Gasteiger partial charge is 0.256 e. The quantitative estimate of drug-likeness (QED) is 0.681.